The minimum Gasteiger partial charge on any atom is -0.385 e. The maximum atomic E-state index is 12.9. The highest BCUT2D eigenvalue weighted by molar-refractivity contribution is 5.94. The number of rotatable bonds is 10. The first-order valence-corrected chi connectivity index (χ1v) is 13.8. The second-order valence-corrected chi connectivity index (χ2v) is 10.2. The average Bonchev–Trinajstić information content (AvgIpc) is 2.95. The number of hydrogen-bond acceptors (Lipinski definition) is 6. The van der Waals surface area contributed by atoms with Crippen molar-refractivity contribution < 1.29 is 9.59 Å². The Morgan fingerprint density at radius 3 is 2.30 bits per heavy atom. The molecule has 8 heteroatoms. The quantitative estimate of drug-likeness (QED) is 0.530. The first kappa shape index (κ1) is 26.9. The molecule has 0 unspecified atom stereocenters. The third-order valence-corrected chi connectivity index (χ3v) is 7.30. The summed E-state index contributed by atoms with van der Waals surface area (Å²) >= 11 is 0. The van der Waals surface area contributed by atoms with Gasteiger partial charge in [0.2, 0.25) is 5.91 Å². The van der Waals surface area contributed by atoms with Gasteiger partial charge in [-0.3, -0.25) is 14.6 Å². The molecule has 2 aliphatic rings. The van der Waals surface area contributed by atoms with Gasteiger partial charge in [-0.15, -0.1) is 0 Å². The van der Waals surface area contributed by atoms with Crippen LogP contribution in [0.15, 0.2) is 42.6 Å². The van der Waals surface area contributed by atoms with Gasteiger partial charge in [-0.1, -0.05) is 6.92 Å². The summed E-state index contributed by atoms with van der Waals surface area (Å²) in [4.78, 5) is 38.5. The number of nitrogens with zero attached hydrogens (tertiary/aromatic N) is 5. The fourth-order valence-corrected chi connectivity index (χ4v) is 4.99. The molecular weight excluding hydrogens is 464 g/mol. The van der Waals surface area contributed by atoms with Crippen LogP contribution in [-0.4, -0.2) is 90.9 Å². The maximum Gasteiger partial charge on any atom is 0.253 e. The van der Waals surface area contributed by atoms with E-state index in [0.29, 0.717) is 19.5 Å². The highest BCUT2D eigenvalue weighted by Crippen LogP contribution is 2.18. The molecule has 2 aromatic rings. The van der Waals surface area contributed by atoms with Crippen LogP contribution >= 0.6 is 0 Å². The number of nitrogens with one attached hydrogen (secondary N) is 1. The summed E-state index contributed by atoms with van der Waals surface area (Å²) in [5.74, 6) is 0.366. The number of likely N-dealkylation sites (tertiary alicyclic amines) is 1. The first-order valence-electron chi connectivity index (χ1n) is 13.8. The summed E-state index contributed by atoms with van der Waals surface area (Å²) in [5, 5.41) is 3.35. The zero-order valence-corrected chi connectivity index (χ0v) is 22.5. The Labute approximate surface area is 221 Å². The molecule has 4 rings (SSSR count). The number of carbonyl (C=O) groups excluding carboxylic acids is 2. The van der Waals surface area contributed by atoms with E-state index in [0.717, 1.165) is 87.7 Å². The van der Waals surface area contributed by atoms with E-state index >= 15 is 0 Å². The van der Waals surface area contributed by atoms with Crippen molar-refractivity contribution >= 4 is 23.2 Å². The van der Waals surface area contributed by atoms with Crippen LogP contribution in [0.4, 0.5) is 11.4 Å². The van der Waals surface area contributed by atoms with E-state index < -0.39 is 0 Å². The van der Waals surface area contributed by atoms with Gasteiger partial charge in [0, 0.05) is 76.6 Å². The molecule has 0 saturated carbocycles. The zero-order valence-electron chi connectivity index (χ0n) is 22.5. The lowest BCUT2D eigenvalue weighted by Gasteiger charge is -2.36. The zero-order chi connectivity index (χ0) is 26.0. The molecule has 200 valence electrons. The highest BCUT2D eigenvalue weighted by atomic mass is 16.2. The van der Waals surface area contributed by atoms with Gasteiger partial charge < -0.3 is 24.9 Å². The third kappa shape index (κ3) is 7.68. The summed E-state index contributed by atoms with van der Waals surface area (Å²) in [6.07, 6.45) is 7.08. The molecule has 1 aromatic carbocycles. The van der Waals surface area contributed by atoms with Crippen LogP contribution in [0.5, 0.6) is 0 Å². The number of benzene rings is 1. The Balaban J connectivity index is 1.20. The second-order valence-electron chi connectivity index (χ2n) is 10.2. The number of piperazine rings is 1. The standard InChI is InChI=1S/C29H42N6O2/c1-3-14-30-25-9-7-24(8-10-25)29(37)35-20-18-33(19-21-35)27-12-11-26(31-22-27)23-32(2)17-13-28(36)34-15-5-4-6-16-34/h7-12,22,30H,3-6,13-21,23H2,1-2H3. The number of amides is 2. The van der Waals surface area contributed by atoms with Crippen LogP contribution in [0.2, 0.25) is 0 Å². The number of anilines is 2. The number of aromatic nitrogens is 1. The molecule has 2 aliphatic heterocycles. The van der Waals surface area contributed by atoms with Crippen LogP contribution < -0.4 is 10.2 Å². The topological polar surface area (TPSA) is 72.0 Å². The van der Waals surface area contributed by atoms with Crippen molar-refractivity contribution in [1.82, 2.24) is 19.7 Å². The van der Waals surface area contributed by atoms with E-state index in [1.807, 2.05) is 47.3 Å². The lowest BCUT2D eigenvalue weighted by atomic mass is 10.1. The monoisotopic (exact) mass is 506 g/mol. The van der Waals surface area contributed by atoms with Crippen molar-refractivity contribution in [3.63, 3.8) is 0 Å². The van der Waals surface area contributed by atoms with Crippen molar-refractivity contribution in [2.75, 3.05) is 69.6 Å². The fraction of sp³-hybridized carbons (Fsp3) is 0.552. The third-order valence-electron chi connectivity index (χ3n) is 7.30. The lowest BCUT2D eigenvalue weighted by molar-refractivity contribution is -0.132. The molecule has 37 heavy (non-hydrogen) atoms. The number of carbonyl (C=O) groups is 2. The van der Waals surface area contributed by atoms with E-state index in [9.17, 15) is 9.59 Å². The van der Waals surface area contributed by atoms with Gasteiger partial charge in [-0.05, 0) is 69.1 Å². The highest BCUT2D eigenvalue weighted by Gasteiger charge is 2.23. The Morgan fingerprint density at radius 2 is 1.65 bits per heavy atom. The Morgan fingerprint density at radius 1 is 0.919 bits per heavy atom. The second kappa shape index (κ2) is 13.4. The SMILES string of the molecule is CCCNc1ccc(C(=O)N2CCN(c3ccc(CN(C)CCC(=O)N4CCCCC4)nc3)CC2)cc1. The molecule has 0 spiro atoms. The summed E-state index contributed by atoms with van der Waals surface area (Å²) in [6.45, 7) is 9.35. The van der Waals surface area contributed by atoms with E-state index in [2.05, 4.69) is 39.2 Å². The molecule has 2 saturated heterocycles. The fourth-order valence-electron chi connectivity index (χ4n) is 4.99. The normalized spacial score (nSPS) is 16.2. The van der Waals surface area contributed by atoms with Crippen molar-refractivity contribution in [3.8, 4) is 0 Å². The summed E-state index contributed by atoms with van der Waals surface area (Å²) in [7, 11) is 2.05. The molecule has 8 nitrogen and oxygen atoms in total. The minimum absolute atomic E-state index is 0.0944. The number of piperidine rings is 1. The van der Waals surface area contributed by atoms with E-state index in [1.54, 1.807) is 0 Å². The molecule has 1 N–H and O–H groups in total. The minimum atomic E-state index is 0.0944. The largest absolute Gasteiger partial charge is 0.385 e. The van der Waals surface area contributed by atoms with Crippen molar-refractivity contribution in [2.45, 2.75) is 45.6 Å². The van der Waals surface area contributed by atoms with Gasteiger partial charge in [0.05, 0.1) is 17.6 Å². The van der Waals surface area contributed by atoms with Crippen LogP contribution in [-0.2, 0) is 11.3 Å². The molecule has 3 heterocycles. The van der Waals surface area contributed by atoms with E-state index in [4.69, 9.17) is 0 Å². The van der Waals surface area contributed by atoms with Crippen LogP contribution in [0.3, 0.4) is 0 Å². The summed E-state index contributed by atoms with van der Waals surface area (Å²) < 4.78 is 0. The van der Waals surface area contributed by atoms with Crippen molar-refractivity contribution in [1.29, 1.82) is 0 Å². The Kier molecular flexibility index (Phi) is 9.77. The summed E-state index contributed by atoms with van der Waals surface area (Å²) in [5.41, 5.74) is 3.88. The van der Waals surface area contributed by atoms with Crippen LogP contribution in [0.25, 0.3) is 0 Å². The average molecular weight is 507 g/mol. The van der Waals surface area contributed by atoms with Crippen molar-refractivity contribution in [3.05, 3.63) is 53.9 Å². The molecule has 2 amide bonds. The van der Waals surface area contributed by atoms with E-state index in [-0.39, 0.29) is 11.8 Å². The molecule has 0 atom stereocenters. The summed E-state index contributed by atoms with van der Waals surface area (Å²) in [6, 6.07) is 12.0. The maximum absolute atomic E-state index is 12.9. The molecule has 1 aromatic heterocycles. The predicted octanol–water partition coefficient (Wildman–Crippen LogP) is 3.70. The van der Waals surface area contributed by atoms with Gasteiger partial charge in [0.25, 0.3) is 5.91 Å². The molecule has 0 radical (unpaired) electrons. The smallest absolute Gasteiger partial charge is 0.253 e. The van der Waals surface area contributed by atoms with Gasteiger partial charge in [-0.25, -0.2) is 0 Å². The Hall–Kier alpha value is -3.13. The predicted molar refractivity (Wildman–Crippen MR) is 149 cm³/mol. The van der Waals surface area contributed by atoms with Gasteiger partial charge in [-0.2, -0.15) is 0 Å². The van der Waals surface area contributed by atoms with Crippen LogP contribution in [0, 0.1) is 0 Å². The van der Waals surface area contributed by atoms with Crippen molar-refractivity contribution in [2.24, 2.45) is 0 Å². The molecular formula is C29H42N6O2. The molecule has 0 bridgehead atoms. The van der Waals surface area contributed by atoms with E-state index in [1.165, 1.54) is 6.42 Å². The van der Waals surface area contributed by atoms with Gasteiger partial charge >= 0.3 is 0 Å². The Bertz CT molecular complexity index is 996. The van der Waals surface area contributed by atoms with Gasteiger partial charge in [0.1, 0.15) is 0 Å². The molecule has 2 fully saturated rings. The van der Waals surface area contributed by atoms with Crippen LogP contribution in [0.1, 0.15) is 55.1 Å². The van der Waals surface area contributed by atoms with Gasteiger partial charge in [0.15, 0.2) is 0 Å². The molecule has 0 aliphatic carbocycles. The number of pyridine rings is 1. The lowest BCUT2D eigenvalue weighted by Crippen LogP contribution is -2.48. The first-order chi connectivity index (χ1) is 18.0. The number of hydrogen-bond donors (Lipinski definition) is 1.